The van der Waals surface area contributed by atoms with Crippen molar-refractivity contribution in [2.24, 2.45) is 0 Å². The Bertz CT molecular complexity index is 627. The summed E-state index contributed by atoms with van der Waals surface area (Å²) in [6, 6.07) is 8.51. The molecule has 4 heteroatoms. The van der Waals surface area contributed by atoms with Crippen LogP contribution in [0.25, 0.3) is 10.9 Å². The standard InChI is InChI=1S/C17H21BrN2O/c18-15-8-5-9-16-14(15)10-11-20(16)12-17(21)19-13-6-3-1-2-4-7-13/h5,8-11,13H,1-4,6-7,12H2,(H,19,21). The molecule has 1 heterocycles. The number of hydrogen-bond donors (Lipinski definition) is 1. The second-order valence-electron chi connectivity index (χ2n) is 5.87. The molecule has 0 aliphatic heterocycles. The van der Waals surface area contributed by atoms with Gasteiger partial charge in [-0.15, -0.1) is 0 Å². The summed E-state index contributed by atoms with van der Waals surface area (Å²) in [6.45, 7) is 0.399. The van der Waals surface area contributed by atoms with E-state index in [9.17, 15) is 4.79 Å². The number of carbonyl (C=O) groups excluding carboxylic acids is 1. The monoisotopic (exact) mass is 348 g/mol. The third-order valence-corrected chi connectivity index (χ3v) is 4.99. The lowest BCUT2D eigenvalue weighted by atomic mass is 10.1. The van der Waals surface area contributed by atoms with Crippen LogP contribution in [0.5, 0.6) is 0 Å². The summed E-state index contributed by atoms with van der Waals surface area (Å²) < 4.78 is 3.09. The fourth-order valence-corrected chi connectivity index (χ4v) is 3.66. The summed E-state index contributed by atoms with van der Waals surface area (Å²) in [6.07, 6.45) is 9.34. The maximum atomic E-state index is 12.3. The van der Waals surface area contributed by atoms with Crippen LogP contribution < -0.4 is 5.32 Å². The van der Waals surface area contributed by atoms with Crippen LogP contribution in [0.15, 0.2) is 34.9 Å². The van der Waals surface area contributed by atoms with Crippen LogP contribution in [0, 0.1) is 0 Å². The Kier molecular flexibility index (Phi) is 4.63. The van der Waals surface area contributed by atoms with E-state index in [1.165, 1.54) is 25.7 Å². The van der Waals surface area contributed by atoms with Crippen LogP contribution in [0.4, 0.5) is 0 Å². The van der Waals surface area contributed by atoms with Gasteiger partial charge in [0, 0.05) is 27.6 Å². The molecule has 1 amide bonds. The van der Waals surface area contributed by atoms with E-state index in [2.05, 4.69) is 33.4 Å². The molecule has 1 fully saturated rings. The molecule has 0 saturated heterocycles. The van der Waals surface area contributed by atoms with Gasteiger partial charge in [-0.05, 0) is 31.0 Å². The van der Waals surface area contributed by atoms with E-state index in [4.69, 9.17) is 0 Å². The lowest BCUT2D eigenvalue weighted by molar-refractivity contribution is -0.122. The predicted molar refractivity (Wildman–Crippen MR) is 89.3 cm³/mol. The lowest BCUT2D eigenvalue weighted by Crippen LogP contribution is -2.36. The highest BCUT2D eigenvalue weighted by molar-refractivity contribution is 9.10. The summed E-state index contributed by atoms with van der Waals surface area (Å²) in [7, 11) is 0. The third-order valence-electron chi connectivity index (χ3n) is 4.29. The predicted octanol–water partition coefficient (Wildman–Crippen LogP) is 4.24. The highest BCUT2D eigenvalue weighted by Gasteiger charge is 2.15. The average molecular weight is 349 g/mol. The number of halogens is 1. The van der Waals surface area contributed by atoms with Crippen molar-refractivity contribution < 1.29 is 4.79 Å². The number of amides is 1. The van der Waals surface area contributed by atoms with Gasteiger partial charge < -0.3 is 9.88 Å². The number of carbonyl (C=O) groups is 1. The Hall–Kier alpha value is -1.29. The van der Waals surface area contributed by atoms with E-state index in [-0.39, 0.29) is 5.91 Å². The van der Waals surface area contributed by atoms with E-state index < -0.39 is 0 Å². The van der Waals surface area contributed by atoms with Crippen molar-refractivity contribution in [3.63, 3.8) is 0 Å². The maximum absolute atomic E-state index is 12.3. The molecule has 1 N–H and O–H groups in total. The number of hydrogen-bond acceptors (Lipinski definition) is 1. The summed E-state index contributed by atoms with van der Waals surface area (Å²) >= 11 is 3.55. The second-order valence-corrected chi connectivity index (χ2v) is 6.73. The quantitative estimate of drug-likeness (QED) is 0.826. The summed E-state index contributed by atoms with van der Waals surface area (Å²) in [5.74, 6) is 0.124. The van der Waals surface area contributed by atoms with Gasteiger partial charge in [0.25, 0.3) is 0 Å². The van der Waals surface area contributed by atoms with Crippen molar-refractivity contribution in [3.8, 4) is 0 Å². The van der Waals surface area contributed by atoms with Gasteiger partial charge in [0.15, 0.2) is 0 Å². The van der Waals surface area contributed by atoms with Gasteiger partial charge in [0.2, 0.25) is 5.91 Å². The zero-order valence-corrected chi connectivity index (χ0v) is 13.7. The molecule has 21 heavy (non-hydrogen) atoms. The highest BCUT2D eigenvalue weighted by atomic mass is 79.9. The first-order chi connectivity index (χ1) is 10.2. The first-order valence-corrected chi connectivity index (χ1v) is 8.56. The average Bonchev–Trinajstić information content (AvgIpc) is 2.70. The fraction of sp³-hybridized carbons (Fsp3) is 0.471. The minimum atomic E-state index is 0.124. The summed E-state index contributed by atoms with van der Waals surface area (Å²) in [4.78, 5) is 12.3. The molecular weight excluding hydrogens is 328 g/mol. The van der Waals surface area contributed by atoms with Gasteiger partial charge in [0.05, 0.1) is 0 Å². The minimum absolute atomic E-state index is 0.124. The van der Waals surface area contributed by atoms with E-state index >= 15 is 0 Å². The largest absolute Gasteiger partial charge is 0.352 e. The summed E-state index contributed by atoms with van der Waals surface area (Å²) in [5.41, 5.74) is 1.10. The number of aromatic nitrogens is 1. The van der Waals surface area contributed by atoms with Gasteiger partial charge in [-0.25, -0.2) is 0 Å². The smallest absolute Gasteiger partial charge is 0.240 e. The molecule has 0 spiro atoms. The Morgan fingerprint density at radius 2 is 1.95 bits per heavy atom. The first-order valence-electron chi connectivity index (χ1n) is 7.77. The molecule has 1 aliphatic rings. The van der Waals surface area contributed by atoms with Crippen LogP contribution in [0.1, 0.15) is 38.5 Å². The molecular formula is C17H21BrN2O. The number of rotatable bonds is 3. The van der Waals surface area contributed by atoms with Gasteiger partial charge in [-0.3, -0.25) is 4.79 Å². The topological polar surface area (TPSA) is 34.0 Å². The van der Waals surface area contributed by atoms with Crippen LogP contribution in [-0.2, 0) is 11.3 Å². The molecule has 112 valence electrons. The molecule has 1 saturated carbocycles. The van der Waals surface area contributed by atoms with Crippen molar-refractivity contribution in [3.05, 3.63) is 34.9 Å². The number of nitrogens with one attached hydrogen (secondary N) is 1. The molecule has 0 atom stereocenters. The van der Waals surface area contributed by atoms with E-state index in [1.54, 1.807) is 0 Å². The van der Waals surface area contributed by atoms with Crippen molar-refractivity contribution in [1.29, 1.82) is 0 Å². The molecule has 3 nitrogen and oxygen atoms in total. The number of nitrogens with zero attached hydrogens (tertiary/aromatic N) is 1. The maximum Gasteiger partial charge on any atom is 0.240 e. The van der Waals surface area contributed by atoms with Crippen LogP contribution in [-0.4, -0.2) is 16.5 Å². The van der Waals surface area contributed by atoms with E-state index in [1.807, 2.05) is 22.9 Å². The van der Waals surface area contributed by atoms with Crippen molar-refractivity contribution in [2.45, 2.75) is 51.1 Å². The fourth-order valence-electron chi connectivity index (χ4n) is 3.18. The van der Waals surface area contributed by atoms with Gasteiger partial charge in [0.1, 0.15) is 6.54 Å². The van der Waals surface area contributed by atoms with Crippen molar-refractivity contribution in [2.75, 3.05) is 0 Å². The molecule has 1 aromatic carbocycles. The van der Waals surface area contributed by atoms with E-state index in [0.717, 1.165) is 28.2 Å². The number of fused-ring (bicyclic) bond motifs is 1. The number of benzene rings is 1. The molecule has 3 rings (SSSR count). The Labute approximate surface area is 133 Å². The molecule has 1 aliphatic carbocycles. The first kappa shape index (κ1) is 14.6. The van der Waals surface area contributed by atoms with Crippen molar-refractivity contribution >= 4 is 32.7 Å². The van der Waals surface area contributed by atoms with E-state index in [0.29, 0.717) is 12.6 Å². The van der Waals surface area contributed by atoms with Crippen molar-refractivity contribution in [1.82, 2.24) is 9.88 Å². The lowest BCUT2D eigenvalue weighted by Gasteiger charge is -2.16. The molecule has 0 bridgehead atoms. The summed E-state index contributed by atoms with van der Waals surface area (Å²) in [5, 5.41) is 4.36. The SMILES string of the molecule is O=C(Cn1ccc2c(Br)cccc21)NC1CCCCCC1. The molecule has 0 radical (unpaired) electrons. The third kappa shape index (κ3) is 3.49. The van der Waals surface area contributed by atoms with Crippen LogP contribution in [0.2, 0.25) is 0 Å². The van der Waals surface area contributed by atoms with Gasteiger partial charge in [-0.2, -0.15) is 0 Å². The van der Waals surface area contributed by atoms with Crippen LogP contribution >= 0.6 is 15.9 Å². The Morgan fingerprint density at radius 3 is 2.71 bits per heavy atom. The highest BCUT2D eigenvalue weighted by Crippen LogP contribution is 2.24. The zero-order chi connectivity index (χ0) is 14.7. The van der Waals surface area contributed by atoms with Gasteiger partial charge in [-0.1, -0.05) is 47.7 Å². The molecule has 2 aromatic rings. The minimum Gasteiger partial charge on any atom is -0.352 e. The Balaban J connectivity index is 1.67. The Morgan fingerprint density at radius 1 is 1.19 bits per heavy atom. The van der Waals surface area contributed by atoms with Crippen LogP contribution in [0.3, 0.4) is 0 Å². The second kappa shape index (κ2) is 6.65. The zero-order valence-electron chi connectivity index (χ0n) is 12.1. The van der Waals surface area contributed by atoms with Gasteiger partial charge >= 0.3 is 0 Å². The molecule has 0 unspecified atom stereocenters. The normalized spacial score (nSPS) is 16.8. The molecule has 1 aromatic heterocycles.